The molecule has 1 aliphatic carbocycles. The molecule has 24 heavy (non-hydrogen) atoms. The van der Waals surface area contributed by atoms with Crippen LogP contribution in [0.3, 0.4) is 0 Å². The number of aryl methyl sites for hydroxylation is 1. The number of carbonyl (C=O) groups is 1. The van der Waals surface area contributed by atoms with Gasteiger partial charge in [-0.3, -0.25) is 9.69 Å². The molecule has 1 aromatic heterocycles. The minimum Gasteiger partial charge on any atom is -0.374 e. The van der Waals surface area contributed by atoms with E-state index < -0.39 is 0 Å². The number of carbonyl (C=O) groups excluding carboxylic acids is 1. The maximum absolute atomic E-state index is 13.0. The second-order valence-corrected chi connectivity index (χ2v) is 7.35. The summed E-state index contributed by atoms with van der Waals surface area (Å²) in [5.41, 5.74) is 0.904. The minimum atomic E-state index is 0.193. The van der Waals surface area contributed by atoms with E-state index in [0.29, 0.717) is 13.2 Å². The lowest BCUT2D eigenvalue weighted by atomic mass is 9.90. The maximum Gasteiger partial charge on any atom is 0.237 e. The second kappa shape index (κ2) is 6.84. The van der Waals surface area contributed by atoms with Crippen LogP contribution < -0.4 is 0 Å². The van der Waals surface area contributed by atoms with Crippen LogP contribution in [-0.2, 0) is 9.53 Å². The SMILES string of the molecule is Cc1cc(C2CCCN2CC(=O)N2CCOC3CCCCC32)on1. The normalized spacial score (nSPS) is 31.2. The highest BCUT2D eigenvalue weighted by Crippen LogP contribution is 2.33. The van der Waals surface area contributed by atoms with Gasteiger partial charge in [0.1, 0.15) is 0 Å². The third-order valence-electron chi connectivity index (χ3n) is 5.73. The lowest BCUT2D eigenvalue weighted by Crippen LogP contribution is -2.56. The average Bonchev–Trinajstić information content (AvgIpc) is 3.23. The van der Waals surface area contributed by atoms with Gasteiger partial charge >= 0.3 is 0 Å². The summed E-state index contributed by atoms with van der Waals surface area (Å²) in [5, 5.41) is 4.01. The summed E-state index contributed by atoms with van der Waals surface area (Å²) >= 11 is 0. The van der Waals surface area contributed by atoms with E-state index in [2.05, 4.69) is 15.0 Å². The molecule has 2 aliphatic heterocycles. The molecule has 1 amide bonds. The highest BCUT2D eigenvalue weighted by molar-refractivity contribution is 5.79. The van der Waals surface area contributed by atoms with Crippen LogP contribution in [0.1, 0.15) is 56.0 Å². The van der Waals surface area contributed by atoms with Gasteiger partial charge in [-0.25, -0.2) is 0 Å². The number of likely N-dealkylation sites (tertiary alicyclic amines) is 1. The van der Waals surface area contributed by atoms with Crippen molar-refractivity contribution >= 4 is 5.91 Å². The van der Waals surface area contributed by atoms with Crippen LogP contribution in [0.25, 0.3) is 0 Å². The van der Waals surface area contributed by atoms with E-state index in [1.807, 2.05) is 13.0 Å². The molecule has 3 heterocycles. The fraction of sp³-hybridized carbons (Fsp3) is 0.778. The standard InChI is InChI=1S/C18H27N3O3/c1-13-11-17(24-19-13)14-6-4-8-20(14)12-18(22)21-9-10-23-16-7-3-2-5-15(16)21/h11,14-16H,2-10,12H2,1H3. The summed E-state index contributed by atoms with van der Waals surface area (Å²) < 4.78 is 11.3. The van der Waals surface area contributed by atoms with Gasteiger partial charge in [-0.2, -0.15) is 0 Å². The third kappa shape index (κ3) is 3.09. The summed E-state index contributed by atoms with van der Waals surface area (Å²) in [7, 11) is 0. The second-order valence-electron chi connectivity index (χ2n) is 7.35. The number of aromatic nitrogens is 1. The largest absolute Gasteiger partial charge is 0.374 e. The molecular formula is C18H27N3O3. The van der Waals surface area contributed by atoms with Crippen LogP contribution in [-0.4, -0.2) is 59.3 Å². The zero-order valence-corrected chi connectivity index (χ0v) is 14.4. The number of fused-ring (bicyclic) bond motifs is 1. The Hall–Kier alpha value is -1.40. The number of amides is 1. The van der Waals surface area contributed by atoms with E-state index in [4.69, 9.17) is 9.26 Å². The lowest BCUT2D eigenvalue weighted by molar-refractivity contribution is -0.150. The van der Waals surface area contributed by atoms with Gasteiger partial charge in [0.25, 0.3) is 0 Å². The van der Waals surface area contributed by atoms with E-state index in [0.717, 1.165) is 50.2 Å². The Morgan fingerprint density at radius 2 is 2.12 bits per heavy atom. The molecule has 6 nitrogen and oxygen atoms in total. The van der Waals surface area contributed by atoms with Crippen molar-refractivity contribution in [1.29, 1.82) is 0 Å². The fourth-order valence-electron chi connectivity index (χ4n) is 4.55. The zero-order chi connectivity index (χ0) is 16.5. The monoisotopic (exact) mass is 333 g/mol. The molecule has 6 heteroatoms. The molecule has 0 aromatic carbocycles. The summed E-state index contributed by atoms with van der Waals surface area (Å²) in [4.78, 5) is 17.3. The first-order chi connectivity index (χ1) is 11.7. The number of nitrogens with zero attached hydrogens (tertiary/aromatic N) is 3. The van der Waals surface area contributed by atoms with E-state index >= 15 is 0 Å². The molecule has 0 spiro atoms. The van der Waals surface area contributed by atoms with Crippen LogP contribution in [0, 0.1) is 6.92 Å². The minimum absolute atomic E-state index is 0.193. The molecule has 3 unspecified atom stereocenters. The topological polar surface area (TPSA) is 58.8 Å². The van der Waals surface area contributed by atoms with Gasteiger partial charge in [0.15, 0.2) is 5.76 Å². The van der Waals surface area contributed by atoms with E-state index in [1.165, 1.54) is 12.8 Å². The molecule has 2 saturated heterocycles. The number of rotatable bonds is 3. The number of hydrogen-bond acceptors (Lipinski definition) is 5. The van der Waals surface area contributed by atoms with Gasteiger partial charge in [0, 0.05) is 12.6 Å². The first-order valence-corrected chi connectivity index (χ1v) is 9.31. The molecule has 1 saturated carbocycles. The molecule has 1 aromatic rings. The van der Waals surface area contributed by atoms with Crippen molar-refractivity contribution in [3.05, 3.63) is 17.5 Å². The molecule has 132 valence electrons. The summed E-state index contributed by atoms with van der Waals surface area (Å²) in [6, 6.07) is 2.48. The molecule has 3 atom stereocenters. The van der Waals surface area contributed by atoms with E-state index in [1.54, 1.807) is 0 Å². The van der Waals surface area contributed by atoms with E-state index in [-0.39, 0.29) is 24.1 Å². The van der Waals surface area contributed by atoms with Crippen LogP contribution >= 0.6 is 0 Å². The average molecular weight is 333 g/mol. The predicted octanol–water partition coefficient (Wildman–Crippen LogP) is 2.29. The Morgan fingerprint density at radius 3 is 2.96 bits per heavy atom. The van der Waals surface area contributed by atoms with Crippen molar-refractivity contribution < 1.29 is 14.1 Å². The zero-order valence-electron chi connectivity index (χ0n) is 14.4. The molecule has 3 fully saturated rings. The van der Waals surface area contributed by atoms with Gasteiger partial charge in [-0.05, 0) is 39.2 Å². The Kier molecular flexibility index (Phi) is 4.59. The van der Waals surface area contributed by atoms with Crippen molar-refractivity contribution in [1.82, 2.24) is 15.0 Å². The van der Waals surface area contributed by atoms with Gasteiger partial charge in [0.05, 0.1) is 37.0 Å². The van der Waals surface area contributed by atoms with E-state index in [9.17, 15) is 4.79 Å². The fourth-order valence-corrected chi connectivity index (χ4v) is 4.55. The highest BCUT2D eigenvalue weighted by atomic mass is 16.5. The number of hydrogen-bond donors (Lipinski definition) is 0. The Balaban J connectivity index is 1.43. The van der Waals surface area contributed by atoms with Crippen LogP contribution in [0.4, 0.5) is 0 Å². The van der Waals surface area contributed by atoms with Crippen LogP contribution in [0.5, 0.6) is 0 Å². The van der Waals surface area contributed by atoms with Crippen molar-refractivity contribution in [3.63, 3.8) is 0 Å². The van der Waals surface area contributed by atoms with Crippen LogP contribution in [0.15, 0.2) is 10.6 Å². The molecule has 0 N–H and O–H groups in total. The van der Waals surface area contributed by atoms with Gasteiger partial charge in [-0.1, -0.05) is 18.0 Å². The lowest BCUT2D eigenvalue weighted by Gasteiger charge is -2.44. The summed E-state index contributed by atoms with van der Waals surface area (Å²) in [6.07, 6.45) is 7.01. The Labute approximate surface area is 143 Å². The molecule has 3 aliphatic rings. The maximum atomic E-state index is 13.0. The first kappa shape index (κ1) is 16.1. The first-order valence-electron chi connectivity index (χ1n) is 9.31. The Bertz CT molecular complexity index is 586. The van der Waals surface area contributed by atoms with Gasteiger partial charge < -0.3 is 14.2 Å². The summed E-state index contributed by atoms with van der Waals surface area (Å²) in [6.45, 7) is 4.79. The van der Waals surface area contributed by atoms with Crippen LogP contribution in [0.2, 0.25) is 0 Å². The number of morpholine rings is 1. The molecule has 0 bridgehead atoms. The van der Waals surface area contributed by atoms with Crippen molar-refractivity contribution in [2.45, 2.75) is 63.6 Å². The third-order valence-corrected chi connectivity index (χ3v) is 5.73. The quantitative estimate of drug-likeness (QED) is 0.849. The van der Waals surface area contributed by atoms with Crippen molar-refractivity contribution in [2.24, 2.45) is 0 Å². The van der Waals surface area contributed by atoms with Crippen molar-refractivity contribution in [3.8, 4) is 0 Å². The molecular weight excluding hydrogens is 306 g/mol. The smallest absolute Gasteiger partial charge is 0.237 e. The van der Waals surface area contributed by atoms with Crippen molar-refractivity contribution in [2.75, 3.05) is 26.2 Å². The van der Waals surface area contributed by atoms with Gasteiger partial charge in [-0.15, -0.1) is 0 Å². The Morgan fingerprint density at radius 1 is 1.25 bits per heavy atom. The molecule has 4 rings (SSSR count). The van der Waals surface area contributed by atoms with Gasteiger partial charge in [0.2, 0.25) is 5.91 Å². The predicted molar refractivity (Wildman–Crippen MR) is 88.5 cm³/mol. The summed E-state index contributed by atoms with van der Waals surface area (Å²) in [5.74, 6) is 1.15. The number of ether oxygens (including phenoxy) is 1. The highest BCUT2D eigenvalue weighted by Gasteiger charge is 2.38. The molecule has 0 radical (unpaired) electrons.